The second-order valence-electron chi connectivity index (χ2n) is 7.80. The van der Waals surface area contributed by atoms with Crippen LogP contribution in [0.25, 0.3) is 0 Å². The van der Waals surface area contributed by atoms with Crippen molar-refractivity contribution in [2.75, 3.05) is 45.8 Å². The molecular formula is C18H32N6O5S. The molecule has 0 unspecified atom stereocenters. The number of aliphatic imine (C=N–C) groups is 1. The first-order chi connectivity index (χ1) is 14.1. The Morgan fingerprint density at radius 2 is 1.97 bits per heavy atom. The third-order valence-electron chi connectivity index (χ3n) is 4.13. The van der Waals surface area contributed by atoms with E-state index in [9.17, 15) is 13.2 Å². The van der Waals surface area contributed by atoms with Crippen LogP contribution < -0.4 is 10.6 Å². The van der Waals surface area contributed by atoms with Crippen LogP contribution in [-0.4, -0.2) is 86.2 Å². The molecular weight excluding hydrogens is 412 g/mol. The minimum Gasteiger partial charge on any atom is -0.444 e. The molecule has 2 rings (SSSR count). The van der Waals surface area contributed by atoms with Crippen LogP contribution in [0.4, 0.5) is 4.79 Å². The van der Waals surface area contributed by atoms with Gasteiger partial charge in [0, 0.05) is 45.3 Å². The van der Waals surface area contributed by atoms with Crippen molar-refractivity contribution in [2.24, 2.45) is 4.99 Å². The molecule has 0 saturated carbocycles. The zero-order valence-electron chi connectivity index (χ0n) is 18.0. The van der Waals surface area contributed by atoms with Crippen molar-refractivity contribution in [3.63, 3.8) is 0 Å². The van der Waals surface area contributed by atoms with Crippen molar-refractivity contribution in [1.82, 2.24) is 25.0 Å². The zero-order valence-corrected chi connectivity index (χ0v) is 18.9. The summed E-state index contributed by atoms with van der Waals surface area (Å²) in [5.74, 6) is 0.519. The molecule has 30 heavy (non-hydrogen) atoms. The van der Waals surface area contributed by atoms with Crippen LogP contribution in [0.2, 0.25) is 0 Å². The predicted molar refractivity (Wildman–Crippen MR) is 112 cm³/mol. The summed E-state index contributed by atoms with van der Waals surface area (Å²) >= 11 is 0. The molecule has 2 heterocycles. The maximum atomic E-state index is 12.6. The van der Waals surface area contributed by atoms with E-state index in [1.165, 1.54) is 10.6 Å². The van der Waals surface area contributed by atoms with Gasteiger partial charge in [-0.1, -0.05) is 5.16 Å². The lowest BCUT2D eigenvalue weighted by atomic mass is 10.2. The number of carbonyl (C=O) groups excluding carboxylic acids is 1. The van der Waals surface area contributed by atoms with E-state index in [0.29, 0.717) is 57.5 Å². The number of hydrogen-bond donors (Lipinski definition) is 2. The van der Waals surface area contributed by atoms with Crippen LogP contribution in [0, 0.1) is 0 Å². The predicted octanol–water partition coefficient (Wildman–Crippen LogP) is 0.612. The molecule has 1 saturated heterocycles. The van der Waals surface area contributed by atoms with E-state index < -0.39 is 21.7 Å². The molecule has 0 aliphatic carbocycles. The summed E-state index contributed by atoms with van der Waals surface area (Å²) in [6.45, 7) is 10.5. The third kappa shape index (κ3) is 7.82. The SMILES string of the molecule is CCNC(=NCCNC(=O)OC(C)(C)C)N1CCN(S(=O)(=O)Cc2ccon2)CC1. The molecule has 1 aliphatic heterocycles. The number of guanidine groups is 1. The molecule has 11 nitrogen and oxygen atoms in total. The van der Waals surface area contributed by atoms with Crippen molar-refractivity contribution < 1.29 is 22.5 Å². The van der Waals surface area contributed by atoms with Gasteiger partial charge in [-0.25, -0.2) is 13.2 Å². The van der Waals surface area contributed by atoms with E-state index in [1.54, 1.807) is 26.8 Å². The third-order valence-corrected chi connectivity index (χ3v) is 5.94. The summed E-state index contributed by atoms with van der Waals surface area (Å²) in [5, 5.41) is 9.56. The van der Waals surface area contributed by atoms with Gasteiger partial charge < -0.3 is 24.8 Å². The lowest BCUT2D eigenvalue weighted by Gasteiger charge is -2.35. The molecule has 0 bridgehead atoms. The number of piperazine rings is 1. The summed E-state index contributed by atoms with van der Waals surface area (Å²) in [5.41, 5.74) is -0.152. The fourth-order valence-corrected chi connectivity index (χ4v) is 4.25. The average molecular weight is 445 g/mol. The van der Waals surface area contributed by atoms with Crippen molar-refractivity contribution in [3.8, 4) is 0 Å². The summed E-state index contributed by atoms with van der Waals surface area (Å²) in [7, 11) is -3.45. The smallest absolute Gasteiger partial charge is 0.407 e. The standard InChI is InChI=1S/C18H32N6O5S/c1-5-19-16(20-7-8-21-17(25)29-18(2,3)4)23-9-11-24(12-10-23)30(26,27)14-15-6-13-28-22-15/h6,13H,5,7-12,14H2,1-4H3,(H,19,20)(H,21,25). The Kier molecular flexibility index (Phi) is 8.47. The number of rotatable bonds is 7. The molecule has 0 aromatic carbocycles. The van der Waals surface area contributed by atoms with Gasteiger partial charge in [0.05, 0.1) is 12.2 Å². The molecule has 0 spiro atoms. The largest absolute Gasteiger partial charge is 0.444 e. The monoisotopic (exact) mass is 444 g/mol. The van der Waals surface area contributed by atoms with E-state index in [0.717, 1.165) is 0 Å². The first-order valence-electron chi connectivity index (χ1n) is 9.98. The fraction of sp³-hybridized carbons (Fsp3) is 0.722. The van der Waals surface area contributed by atoms with Gasteiger partial charge in [-0.05, 0) is 27.7 Å². The van der Waals surface area contributed by atoms with Crippen LogP contribution >= 0.6 is 0 Å². The molecule has 1 amide bonds. The number of aromatic nitrogens is 1. The van der Waals surface area contributed by atoms with Crippen LogP contribution in [0.5, 0.6) is 0 Å². The lowest BCUT2D eigenvalue weighted by molar-refractivity contribution is 0.0529. The Bertz CT molecular complexity index is 796. The minimum absolute atomic E-state index is 0.173. The Hall–Kier alpha value is -2.34. The van der Waals surface area contributed by atoms with Crippen molar-refractivity contribution in [3.05, 3.63) is 18.0 Å². The van der Waals surface area contributed by atoms with Crippen LogP contribution in [-0.2, 0) is 20.5 Å². The highest BCUT2D eigenvalue weighted by Gasteiger charge is 2.29. The molecule has 0 atom stereocenters. The number of amides is 1. The Balaban J connectivity index is 1.84. The number of carbonyl (C=O) groups is 1. The first-order valence-corrected chi connectivity index (χ1v) is 11.6. The summed E-state index contributed by atoms with van der Waals surface area (Å²) in [4.78, 5) is 18.2. The Morgan fingerprint density at radius 3 is 2.53 bits per heavy atom. The molecule has 1 fully saturated rings. The minimum atomic E-state index is -3.45. The van der Waals surface area contributed by atoms with Crippen molar-refractivity contribution >= 4 is 22.1 Å². The first kappa shape index (κ1) is 23.9. The van der Waals surface area contributed by atoms with Crippen molar-refractivity contribution in [2.45, 2.75) is 39.0 Å². The Morgan fingerprint density at radius 1 is 1.27 bits per heavy atom. The number of hydrogen-bond acceptors (Lipinski definition) is 7. The lowest BCUT2D eigenvalue weighted by Crippen LogP contribution is -2.54. The summed E-state index contributed by atoms with van der Waals surface area (Å²) in [6, 6.07) is 1.55. The number of ether oxygens (including phenoxy) is 1. The number of alkyl carbamates (subject to hydrolysis) is 1. The highest BCUT2D eigenvalue weighted by Crippen LogP contribution is 2.13. The average Bonchev–Trinajstić information content (AvgIpc) is 3.15. The summed E-state index contributed by atoms with van der Waals surface area (Å²) in [6.07, 6.45) is 0.883. The van der Waals surface area contributed by atoms with Gasteiger partial charge in [-0.15, -0.1) is 0 Å². The van der Waals surface area contributed by atoms with Gasteiger partial charge in [0.25, 0.3) is 0 Å². The molecule has 1 aromatic rings. The van der Waals surface area contributed by atoms with Gasteiger partial charge in [0.15, 0.2) is 5.96 Å². The fourth-order valence-electron chi connectivity index (χ4n) is 2.83. The second kappa shape index (κ2) is 10.6. The number of nitrogens with zero attached hydrogens (tertiary/aromatic N) is 4. The van der Waals surface area contributed by atoms with Gasteiger partial charge in [0.1, 0.15) is 17.6 Å². The van der Waals surface area contributed by atoms with E-state index in [2.05, 4.69) is 20.8 Å². The van der Waals surface area contributed by atoms with Gasteiger partial charge >= 0.3 is 6.09 Å². The number of sulfonamides is 1. The van der Waals surface area contributed by atoms with E-state index in [4.69, 9.17) is 9.26 Å². The number of nitrogens with one attached hydrogen (secondary N) is 2. The molecule has 0 radical (unpaired) electrons. The van der Waals surface area contributed by atoms with Gasteiger partial charge in [-0.3, -0.25) is 4.99 Å². The maximum absolute atomic E-state index is 12.6. The van der Waals surface area contributed by atoms with Crippen LogP contribution in [0.1, 0.15) is 33.4 Å². The molecule has 2 N–H and O–H groups in total. The summed E-state index contributed by atoms with van der Waals surface area (Å²) < 4.78 is 36.5. The zero-order chi connectivity index (χ0) is 22.2. The van der Waals surface area contributed by atoms with E-state index in [-0.39, 0.29) is 5.75 Å². The molecule has 12 heteroatoms. The quantitative estimate of drug-likeness (QED) is 0.356. The van der Waals surface area contributed by atoms with Gasteiger partial charge in [0.2, 0.25) is 10.0 Å². The molecule has 170 valence electrons. The van der Waals surface area contributed by atoms with Crippen LogP contribution in [0.3, 0.4) is 0 Å². The van der Waals surface area contributed by atoms with Crippen LogP contribution in [0.15, 0.2) is 21.8 Å². The molecule has 1 aliphatic rings. The Labute approximate surface area is 177 Å². The highest BCUT2D eigenvalue weighted by molar-refractivity contribution is 7.88. The maximum Gasteiger partial charge on any atom is 0.407 e. The van der Waals surface area contributed by atoms with Crippen molar-refractivity contribution in [1.29, 1.82) is 0 Å². The normalized spacial score (nSPS) is 16.4. The highest BCUT2D eigenvalue weighted by atomic mass is 32.2. The topological polar surface area (TPSA) is 129 Å². The van der Waals surface area contributed by atoms with E-state index in [1.807, 2.05) is 11.8 Å². The van der Waals surface area contributed by atoms with Gasteiger partial charge in [-0.2, -0.15) is 4.31 Å². The molecule has 1 aromatic heterocycles. The second-order valence-corrected chi connectivity index (χ2v) is 9.77. The van der Waals surface area contributed by atoms with E-state index >= 15 is 0 Å².